The third kappa shape index (κ3) is 3.49. The molecule has 0 amide bonds. The van der Waals surface area contributed by atoms with Crippen molar-refractivity contribution in [2.75, 3.05) is 12.3 Å². The lowest BCUT2D eigenvalue weighted by molar-refractivity contribution is -0.187. The van der Waals surface area contributed by atoms with Gasteiger partial charge in [-0.05, 0) is 13.0 Å². The first kappa shape index (κ1) is 13.6. The summed E-state index contributed by atoms with van der Waals surface area (Å²) >= 11 is 0. The summed E-state index contributed by atoms with van der Waals surface area (Å²) in [6, 6.07) is 1.41. The fourth-order valence-electron chi connectivity index (χ4n) is 1.23. The van der Waals surface area contributed by atoms with Crippen LogP contribution in [0.2, 0.25) is 0 Å². The molecule has 0 radical (unpaired) electrons. The van der Waals surface area contributed by atoms with Gasteiger partial charge in [0.05, 0.1) is 6.61 Å². The van der Waals surface area contributed by atoms with Gasteiger partial charge in [0, 0.05) is 6.20 Å². The standard InChI is InChI=1S/C9H15N3O5/c1-5(17-6(4-13)8(14)15)12-3-2-7(10)11-9(12)16/h2-3,5-6,8,13-15H,4H2,1H3,(H2,10,11,16)/t5-,6-/m1/s1. The van der Waals surface area contributed by atoms with Gasteiger partial charge in [-0.3, -0.25) is 4.57 Å². The highest BCUT2D eigenvalue weighted by atomic mass is 16.6. The molecule has 0 aromatic carbocycles. The van der Waals surface area contributed by atoms with Gasteiger partial charge in [-0.15, -0.1) is 0 Å². The summed E-state index contributed by atoms with van der Waals surface area (Å²) in [4.78, 5) is 14.9. The predicted molar refractivity (Wildman–Crippen MR) is 57.8 cm³/mol. The van der Waals surface area contributed by atoms with Crippen molar-refractivity contribution in [1.29, 1.82) is 0 Å². The molecule has 1 aromatic rings. The van der Waals surface area contributed by atoms with Crippen molar-refractivity contribution in [1.82, 2.24) is 9.55 Å². The van der Waals surface area contributed by atoms with Crippen LogP contribution in [0.4, 0.5) is 5.82 Å². The summed E-state index contributed by atoms with van der Waals surface area (Å²) in [6.07, 6.45) is -2.48. The van der Waals surface area contributed by atoms with Crippen LogP contribution in [-0.2, 0) is 4.74 Å². The molecule has 0 saturated carbocycles. The van der Waals surface area contributed by atoms with Crippen molar-refractivity contribution in [2.45, 2.75) is 25.5 Å². The lowest BCUT2D eigenvalue weighted by Gasteiger charge is -2.23. The van der Waals surface area contributed by atoms with Crippen LogP contribution in [0.5, 0.6) is 0 Å². The van der Waals surface area contributed by atoms with Crippen LogP contribution in [0.1, 0.15) is 13.2 Å². The molecule has 1 rings (SSSR count). The van der Waals surface area contributed by atoms with Crippen LogP contribution < -0.4 is 11.4 Å². The molecule has 96 valence electrons. The first-order valence-corrected chi connectivity index (χ1v) is 4.92. The van der Waals surface area contributed by atoms with E-state index in [1.807, 2.05) is 0 Å². The summed E-state index contributed by atoms with van der Waals surface area (Å²) in [5, 5.41) is 26.6. The largest absolute Gasteiger partial charge is 0.393 e. The SMILES string of the molecule is C[C@@H](O[C@H](CO)C(O)O)n1ccc(N)nc1=O. The molecule has 5 N–H and O–H groups in total. The Morgan fingerprint density at radius 3 is 2.71 bits per heavy atom. The van der Waals surface area contributed by atoms with Crippen molar-refractivity contribution in [2.24, 2.45) is 0 Å². The average Bonchev–Trinajstić information content (AvgIpc) is 2.24. The zero-order chi connectivity index (χ0) is 13.0. The molecule has 0 fully saturated rings. The van der Waals surface area contributed by atoms with E-state index in [2.05, 4.69) is 4.98 Å². The van der Waals surface area contributed by atoms with E-state index in [4.69, 9.17) is 25.8 Å². The molecule has 0 aliphatic rings. The first-order chi connectivity index (χ1) is 7.95. The molecule has 17 heavy (non-hydrogen) atoms. The molecule has 0 spiro atoms. The maximum Gasteiger partial charge on any atom is 0.351 e. The summed E-state index contributed by atoms with van der Waals surface area (Å²) in [5.74, 6) is 0.0827. The molecular formula is C9H15N3O5. The number of ether oxygens (including phenoxy) is 1. The van der Waals surface area contributed by atoms with Gasteiger partial charge >= 0.3 is 5.69 Å². The van der Waals surface area contributed by atoms with E-state index in [1.54, 1.807) is 0 Å². The van der Waals surface area contributed by atoms with Crippen LogP contribution in [0.15, 0.2) is 17.1 Å². The summed E-state index contributed by atoms with van der Waals surface area (Å²) in [5.41, 5.74) is 4.69. The minimum Gasteiger partial charge on any atom is -0.393 e. The Kier molecular flexibility index (Phi) is 4.58. The fourth-order valence-corrected chi connectivity index (χ4v) is 1.23. The Balaban J connectivity index is 2.82. The second-order valence-electron chi connectivity index (χ2n) is 3.41. The predicted octanol–water partition coefficient (Wildman–Crippen LogP) is -1.97. The van der Waals surface area contributed by atoms with Crippen LogP contribution in [0.25, 0.3) is 0 Å². The molecule has 2 atom stereocenters. The van der Waals surface area contributed by atoms with Gasteiger partial charge in [0.15, 0.2) is 6.29 Å². The normalized spacial score (nSPS) is 14.9. The van der Waals surface area contributed by atoms with Crippen molar-refractivity contribution in [3.8, 4) is 0 Å². The van der Waals surface area contributed by atoms with Crippen LogP contribution in [0, 0.1) is 0 Å². The van der Waals surface area contributed by atoms with Crippen LogP contribution in [0.3, 0.4) is 0 Å². The van der Waals surface area contributed by atoms with Gasteiger partial charge < -0.3 is 25.8 Å². The van der Waals surface area contributed by atoms with E-state index in [0.717, 1.165) is 4.57 Å². The smallest absolute Gasteiger partial charge is 0.351 e. The number of nitrogens with two attached hydrogens (primary N) is 1. The first-order valence-electron chi connectivity index (χ1n) is 4.92. The van der Waals surface area contributed by atoms with Gasteiger partial charge in [-0.25, -0.2) is 4.79 Å². The van der Waals surface area contributed by atoms with Crippen LogP contribution in [-0.4, -0.2) is 43.9 Å². The number of aliphatic hydroxyl groups is 3. The topological polar surface area (TPSA) is 131 Å². The third-order valence-electron chi connectivity index (χ3n) is 2.13. The molecule has 8 nitrogen and oxygen atoms in total. The summed E-state index contributed by atoms with van der Waals surface area (Å²) in [7, 11) is 0. The Bertz CT molecular complexity index is 419. The molecule has 1 aromatic heterocycles. The molecule has 0 aliphatic carbocycles. The van der Waals surface area contributed by atoms with E-state index in [-0.39, 0.29) is 5.82 Å². The van der Waals surface area contributed by atoms with E-state index in [0.29, 0.717) is 0 Å². The van der Waals surface area contributed by atoms with Crippen molar-refractivity contribution >= 4 is 5.82 Å². The minimum atomic E-state index is -1.83. The number of nitrogen functional groups attached to an aromatic ring is 1. The molecule has 8 heteroatoms. The molecule has 0 unspecified atom stereocenters. The monoisotopic (exact) mass is 245 g/mol. The Hall–Kier alpha value is -1.48. The van der Waals surface area contributed by atoms with Crippen LogP contribution >= 0.6 is 0 Å². The molecule has 0 saturated heterocycles. The summed E-state index contributed by atoms with van der Waals surface area (Å²) in [6.45, 7) is 0.920. The molecular weight excluding hydrogens is 230 g/mol. The van der Waals surface area contributed by atoms with Crippen molar-refractivity contribution < 1.29 is 20.1 Å². The lowest BCUT2D eigenvalue weighted by Crippen LogP contribution is -2.36. The highest BCUT2D eigenvalue weighted by Crippen LogP contribution is 2.10. The average molecular weight is 245 g/mol. The van der Waals surface area contributed by atoms with Gasteiger partial charge in [0.1, 0.15) is 18.1 Å². The summed E-state index contributed by atoms with van der Waals surface area (Å²) < 4.78 is 6.21. The zero-order valence-corrected chi connectivity index (χ0v) is 9.22. The van der Waals surface area contributed by atoms with Crippen molar-refractivity contribution in [3.05, 3.63) is 22.7 Å². The maximum absolute atomic E-state index is 11.4. The molecule has 0 aliphatic heterocycles. The third-order valence-corrected chi connectivity index (χ3v) is 2.13. The Morgan fingerprint density at radius 1 is 1.59 bits per heavy atom. The number of hydrogen-bond acceptors (Lipinski definition) is 7. The molecule has 0 bridgehead atoms. The van der Waals surface area contributed by atoms with E-state index < -0.39 is 30.9 Å². The fraction of sp³-hybridized carbons (Fsp3) is 0.556. The number of rotatable bonds is 5. The lowest BCUT2D eigenvalue weighted by atomic mass is 10.3. The second kappa shape index (κ2) is 5.73. The van der Waals surface area contributed by atoms with E-state index in [9.17, 15) is 4.79 Å². The minimum absolute atomic E-state index is 0.0827. The number of hydrogen-bond donors (Lipinski definition) is 4. The zero-order valence-electron chi connectivity index (χ0n) is 9.22. The number of anilines is 1. The maximum atomic E-state index is 11.4. The molecule has 1 heterocycles. The highest BCUT2D eigenvalue weighted by Gasteiger charge is 2.20. The Labute approximate surface area is 96.9 Å². The van der Waals surface area contributed by atoms with Gasteiger partial charge in [-0.2, -0.15) is 4.98 Å². The highest BCUT2D eigenvalue weighted by molar-refractivity contribution is 5.23. The van der Waals surface area contributed by atoms with E-state index >= 15 is 0 Å². The quantitative estimate of drug-likeness (QED) is 0.442. The number of aromatic nitrogens is 2. The van der Waals surface area contributed by atoms with Gasteiger partial charge in [0.25, 0.3) is 0 Å². The number of aliphatic hydroxyl groups excluding tert-OH is 2. The number of nitrogens with zero attached hydrogens (tertiary/aromatic N) is 2. The Morgan fingerprint density at radius 2 is 2.24 bits per heavy atom. The van der Waals surface area contributed by atoms with Gasteiger partial charge in [-0.1, -0.05) is 0 Å². The van der Waals surface area contributed by atoms with E-state index in [1.165, 1.54) is 19.2 Å². The second-order valence-corrected chi connectivity index (χ2v) is 3.41. The van der Waals surface area contributed by atoms with Gasteiger partial charge in [0.2, 0.25) is 0 Å². The van der Waals surface area contributed by atoms with Crippen molar-refractivity contribution in [3.63, 3.8) is 0 Å².